The first-order valence-electron chi connectivity index (χ1n) is 10.7. The Kier molecular flexibility index (Phi) is 9.39. The van der Waals surface area contributed by atoms with Gasteiger partial charge in [-0.25, -0.2) is 0 Å². The molecule has 0 unspecified atom stereocenters. The Morgan fingerprint density at radius 3 is 2.20 bits per heavy atom. The van der Waals surface area contributed by atoms with Crippen LogP contribution in [0.5, 0.6) is 5.75 Å². The van der Waals surface area contributed by atoms with E-state index in [0.29, 0.717) is 19.5 Å². The van der Waals surface area contributed by atoms with Crippen molar-refractivity contribution in [2.75, 3.05) is 13.7 Å². The number of unbranched alkanes of at least 4 members (excludes halogenated alkanes) is 1. The van der Waals surface area contributed by atoms with E-state index in [2.05, 4.69) is 12.2 Å². The number of nitrogens with zero attached hydrogens (tertiary/aromatic N) is 1. The Morgan fingerprint density at radius 1 is 1.00 bits per heavy atom. The van der Waals surface area contributed by atoms with E-state index in [1.54, 1.807) is 12.0 Å². The fourth-order valence-corrected chi connectivity index (χ4v) is 3.34. The molecule has 2 aromatic rings. The van der Waals surface area contributed by atoms with Gasteiger partial charge >= 0.3 is 0 Å². The van der Waals surface area contributed by atoms with Crippen molar-refractivity contribution >= 4 is 11.8 Å². The van der Waals surface area contributed by atoms with Crippen molar-refractivity contribution in [1.29, 1.82) is 0 Å². The molecule has 2 amide bonds. The lowest BCUT2D eigenvalue weighted by atomic mass is 10.1. The van der Waals surface area contributed by atoms with Gasteiger partial charge in [0.15, 0.2) is 0 Å². The highest BCUT2D eigenvalue weighted by Crippen LogP contribution is 2.17. The van der Waals surface area contributed by atoms with Gasteiger partial charge < -0.3 is 15.0 Å². The molecule has 0 bridgehead atoms. The van der Waals surface area contributed by atoms with Crippen molar-refractivity contribution in [3.63, 3.8) is 0 Å². The van der Waals surface area contributed by atoms with E-state index in [1.165, 1.54) is 5.56 Å². The molecule has 0 aliphatic heterocycles. The van der Waals surface area contributed by atoms with Gasteiger partial charge in [0.25, 0.3) is 0 Å². The molecule has 1 N–H and O–H groups in total. The highest BCUT2D eigenvalue weighted by molar-refractivity contribution is 5.88. The van der Waals surface area contributed by atoms with Crippen LogP contribution in [0.3, 0.4) is 0 Å². The van der Waals surface area contributed by atoms with Gasteiger partial charge in [0.2, 0.25) is 11.8 Å². The number of carbonyl (C=O) groups excluding carboxylic acids is 2. The first-order valence-corrected chi connectivity index (χ1v) is 10.7. The standard InChI is InChI=1S/C25H34N2O3/c1-5-7-16-26-25(29)23(6-2)27(18-21-10-8-19(3)9-11-21)24(28)17-20-12-14-22(30-4)15-13-20/h8-15,23H,5-7,16-18H2,1-4H3,(H,26,29)/t23-/m1/s1. The number of carbonyl (C=O) groups is 2. The third-order valence-electron chi connectivity index (χ3n) is 5.20. The summed E-state index contributed by atoms with van der Waals surface area (Å²) in [5.74, 6) is 0.615. The van der Waals surface area contributed by atoms with Crippen LogP contribution in [0.25, 0.3) is 0 Å². The molecule has 5 heteroatoms. The number of amides is 2. The van der Waals surface area contributed by atoms with Crippen LogP contribution in [0.1, 0.15) is 49.8 Å². The Balaban J connectivity index is 2.21. The summed E-state index contributed by atoms with van der Waals surface area (Å²) in [6.45, 7) is 7.12. The second-order valence-corrected chi connectivity index (χ2v) is 7.60. The van der Waals surface area contributed by atoms with E-state index in [4.69, 9.17) is 4.74 Å². The summed E-state index contributed by atoms with van der Waals surface area (Å²) in [5.41, 5.74) is 3.08. The minimum atomic E-state index is -0.492. The Bertz CT molecular complexity index is 800. The van der Waals surface area contributed by atoms with Crippen LogP contribution in [-0.4, -0.2) is 36.4 Å². The number of rotatable bonds is 11. The summed E-state index contributed by atoms with van der Waals surface area (Å²) < 4.78 is 5.20. The third kappa shape index (κ3) is 6.90. The average molecular weight is 411 g/mol. The number of methoxy groups -OCH3 is 1. The van der Waals surface area contributed by atoms with Gasteiger partial charge in [0, 0.05) is 13.1 Å². The zero-order valence-electron chi connectivity index (χ0n) is 18.6. The Morgan fingerprint density at radius 2 is 1.63 bits per heavy atom. The lowest BCUT2D eigenvalue weighted by Gasteiger charge is -2.31. The van der Waals surface area contributed by atoms with Crippen LogP contribution in [-0.2, 0) is 22.6 Å². The second kappa shape index (κ2) is 12.0. The van der Waals surface area contributed by atoms with E-state index in [9.17, 15) is 9.59 Å². The zero-order valence-corrected chi connectivity index (χ0v) is 18.6. The summed E-state index contributed by atoms with van der Waals surface area (Å²) in [6, 6.07) is 15.1. The lowest BCUT2D eigenvalue weighted by Crippen LogP contribution is -2.49. The molecule has 2 rings (SSSR count). The molecule has 0 aliphatic rings. The summed E-state index contributed by atoms with van der Waals surface area (Å²) in [5, 5.41) is 2.99. The highest BCUT2D eigenvalue weighted by atomic mass is 16.5. The second-order valence-electron chi connectivity index (χ2n) is 7.60. The molecule has 0 aromatic heterocycles. The minimum absolute atomic E-state index is 0.0572. The molecule has 5 nitrogen and oxygen atoms in total. The maximum atomic E-state index is 13.3. The SMILES string of the molecule is CCCCNC(=O)[C@@H](CC)N(Cc1ccc(C)cc1)C(=O)Cc1ccc(OC)cc1. The first-order chi connectivity index (χ1) is 14.5. The third-order valence-corrected chi connectivity index (χ3v) is 5.20. The summed E-state index contributed by atoms with van der Waals surface area (Å²) >= 11 is 0. The monoisotopic (exact) mass is 410 g/mol. The normalized spacial score (nSPS) is 11.6. The number of hydrogen-bond donors (Lipinski definition) is 1. The van der Waals surface area contributed by atoms with E-state index < -0.39 is 6.04 Å². The molecule has 1 atom stereocenters. The molecule has 0 saturated heterocycles. The number of hydrogen-bond acceptors (Lipinski definition) is 3. The van der Waals surface area contributed by atoms with Gasteiger partial charge in [-0.2, -0.15) is 0 Å². The molecule has 162 valence electrons. The highest BCUT2D eigenvalue weighted by Gasteiger charge is 2.28. The van der Waals surface area contributed by atoms with E-state index in [-0.39, 0.29) is 18.2 Å². The molecule has 30 heavy (non-hydrogen) atoms. The molecule has 0 saturated carbocycles. The molecule has 0 spiro atoms. The number of ether oxygens (including phenoxy) is 1. The van der Waals surface area contributed by atoms with Crippen LogP contribution in [0, 0.1) is 6.92 Å². The Labute approximate surface area is 180 Å². The van der Waals surface area contributed by atoms with Gasteiger partial charge in [0.05, 0.1) is 13.5 Å². The smallest absolute Gasteiger partial charge is 0.242 e. The molecule has 0 fully saturated rings. The largest absolute Gasteiger partial charge is 0.497 e. The van der Waals surface area contributed by atoms with Gasteiger partial charge in [-0.3, -0.25) is 9.59 Å². The topological polar surface area (TPSA) is 58.6 Å². The predicted molar refractivity (Wildman–Crippen MR) is 120 cm³/mol. The summed E-state index contributed by atoms with van der Waals surface area (Å²) in [7, 11) is 1.62. The number of aryl methyl sites for hydroxylation is 1. The fourth-order valence-electron chi connectivity index (χ4n) is 3.34. The van der Waals surface area contributed by atoms with Gasteiger partial charge in [-0.05, 0) is 43.0 Å². The Hall–Kier alpha value is -2.82. The van der Waals surface area contributed by atoms with Crippen molar-refractivity contribution in [2.45, 2.75) is 59.0 Å². The molecular weight excluding hydrogens is 376 g/mol. The van der Waals surface area contributed by atoms with E-state index >= 15 is 0 Å². The summed E-state index contributed by atoms with van der Waals surface area (Å²) in [6.07, 6.45) is 2.76. The average Bonchev–Trinajstić information content (AvgIpc) is 2.75. The van der Waals surface area contributed by atoms with Crippen molar-refractivity contribution in [3.8, 4) is 5.75 Å². The predicted octanol–water partition coefficient (Wildman–Crippen LogP) is 4.27. The zero-order chi connectivity index (χ0) is 21.9. The molecule has 0 radical (unpaired) electrons. The van der Waals surface area contributed by atoms with Gasteiger partial charge in [0.1, 0.15) is 11.8 Å². The number of benzene rings is 2. The van der Waals surface area contributed by atoms with Crippen LogP contribution in [0.4, 0.5) is 0 Å². The van der Waals surface area contributed by atoms with Crippen molar-refractivity contribution < 1.29 is 14.3 Å². The maximum absolute atomic E-state index is 13.3. The maximum Gasteiger partial charge on any atom is 0.242 e. The van der Waals surface area contributed by atoms with Crippen LogP contribution in [0.2, 0.25) is 0 Å². The van der Waals surface area contributed by atoms with Crippen LogP contribution >= 0.6 is 0 Å². The quantitative estimate of drug-likeness (QED) is 0.563. The molecule has 2 aromatic carbocycles. The summed E-state index contributed by atoms with van der Waals surface area (Å²) in [4.78, 5) is 27.9. The minimum Gasteiger partial charge on any atom is -0.497 e. The van der Waals surface area contributed by atoms with Crippen molar-refractivity contribution in [1.82, 2.24) is 10.2 Å². The fraction of sp³-hybridized carbons (Fsp3) is 0.440. The van der Waals surface area contributed by atoms with Crippen LogP contribution in [0.15, 0.2) is 48.5 Å². The molecule has 0 heterocycles. The first kappa shape index (κ1) is 23.5. The van der Waals surface area contributed by atoms with Gasteiger partial charge in [-0.15, -0.1) is 0 Å². The van der Waals surface area contributed by atoms with Crippen LogP contribution < -0.4 is 10.1 Å². The van der Waals surface area contributed by atoms with Crippen molar-refractivity contribution in [2.24, 2.45) is 0 Å². The van der Waals surface area contributed by atoms with Gasteiger partial charge in [-0.1, -0.05) is 62.2 Å². The molecule has 0 aliphatic carbocycles. The van der Waals surface area contributed by atoms with E-state index in [0.717, 1.165) is 29.7 Å². The lowest BCUT2D eigenvalue weighted by molar-refractivity contribution is -0.140. The van der Waals surface area contributed by atoms with E-state index in [1.807, 2.05) is 62.4 Å². The number of nitrogens with one attached hydrogen (secondary N) is 1. The molecular formula is C25H34N2O3. The van der Waals surface area contributed by atoms with Crippen molar-refractivity contribution in [3.05, 3.63) is 65.2 Å².